The number of benzene rings is 1. The predicted molar refractivity (Wildman–Crippen MR) is 64.5 cm³/mol. The van der Waals surface area contributed by atoms with Crippen LogP contribution in [-0.4, -0.2) is 4.98 Å². The largest absolute Gasteiger partial charge is 0.271 e. The van der Waals surface area contributed by atoms with Gasteiger partial charge in [0.1, 0.15) is 11.6 Å². The van der Waals surface area contributed by atoms with E-state index in [0.717, 1.165) is 17.2 Å². The fourth-order valence-corrected chi connectivity index (χ4v) is 1.89. The molecule has 1 heterocycles. The number of rotatable bonds is 3. The van der Waals surface area contributed by atoms with Crippen LogP contribution in [-0.2, 0) is 0 Å². The maximum absolute atomic E-state index is 13.2. The topological polar surface area (TPSA) is 50.9 Å². The summed E-state index contributed by atoms with van der Waals surface area (Å²) in [6.45, 7) is 1.89. The zero-order chi connectivity index (χ0) is 13.1. The Hall–Kier alpha value is -1.85. The molecular formula is C13H13F2N3. The van der Waals surface area contributed by atoms with Crippen molar-refractivity contribution in [3.05, 3.63) is 65.0 Å². The van der Waals surface area contributed by atoms with Crippen LogP contribution in [0.5, 0.6) is 0 Å². The SMILES string of the molecule is Cc1ccncc1C(NN)c1cc(F)cc(F)c1. The predicted octanol–water partition coefficient (Wildman–Crippen LogP) is 2.22. The van der Waals surface area contributed by atoms with Gasteiger partial charge in [-0.15, -0.1) is 0 Å². The molecule has 1 aromatic carbocycles. The fraction of sp³-hybridized carbons (Fsp3) is 0.154. The molecule has 0 fully saturated rings. The number of aromatic nitrogens is 1. The van der Waals surface area contributed by atoms with Crippen molar-refractivity contribution in [2.75, 3.05) is 0 Å². The summed E-state index contributed by atoms with van der Waals surface area (Å²) in [5.74, 6) is 4.22. The lowest BCUT2D eigenvalue weighted by atomic mass is 9.97. The maximum Gasteiger partial charge on any atom is 0.126 e. The first-order valence-electron chi connectivity index (χ1n) is 5.44. The van der Waals surface area contributed by atoms with E-state index in [-0.39, 0.29) is 0 Å². The molecule has 5 heteroatoms. The van der Waals surface area contributed by atoms with Crippen molar-refractivity contribution >= 4 is 0 Å². The third-order valence-corrected chi connectivity index (χ3v) is 2.78. The number of nitrogens with two attached hydrogens (primary N) is 1. The van der Waals surface area contributed by atoms with Crippen LogP contribution in [0.4, 0.5) is 8.78 Å². The highest BCUT2D eigenvalue weighted by Gasteiger charge is 2.16. The van der Waals surface area contributed by atoms with Crippen LogP contribution in [0.2, 0.25) is 0 Å². The summed E-state index contributed by atoms with van der Waals surface area (Å²) < 4.78 is 26.4. The van der Waals surface area contributed by atoms with Gasteiger partial charge in [-0.2, -0.15) is 0 Å². The van der Waals surface area contributed by atoms with E-state index in [4.69, 9.17) is 5.84 Å². The molecule has 1 unspecified atom stereocenters. The van der Waals surface area contributed by atoms with Gasteiger partial charge in [0.05, 0.1) is 6.04 Å². The number of aryl methyl sites for hydroxylation is 1. The Morgan fingerprint density at radius 1 is 1.22 bits per heavy atom. The maximum atomic E-state index is 13.2. The van der Waals surface area contributed by atoms with Gasteiger partial charge in [0.2, 0.25) is 0 Å². The van der Waals surface area contributed by atoms with E-state index in [1.54, 1.807) is 12.4 Å². The molecule has 0 amide bonds. The molecule has 1 atom stereocenters. The molecule has 2 aromatic rings. The Morgan fingerprint density at radius 3 is 2.44 bits per heavy atom. The first-order valence-corrected chi connectivity index (χ1v) is 5.44. The number of nitrogens with one attached hydrogen (secondary N) is 1. The van der Waals surface area contributed by atoms with E-state index in [0.29, 0.717) is 5.56 Å². The Bertz CT molecular complexity index is 537. The van der Waals surface area contributed by atoms with Crippen LogP contribution < -0.4 is 11.3 Å². The molecule has 0 aliphatic carbocycles. The fourth-order valence-electron chi connectivity index (χ4n) is 1.89. The Morgan fingerprint density at radius 2 is 1.89 bits per heavy atom. The molecule has 0 radical (unpaired) electrons. The highest BCUT2D eigenvalue weighted by atomic mass is 19.1. The molecule has 3 N–H and O–H groups in total. The average Bonchev–Trinajstić information content (AvgIpc) is 2.31. The van der Waals surface area contributed by atoms with Crippen LogP contribution in [0, 0.1) is 18.6 Å². The minimum Gasteiger partial charge on any atom is -0.271 e. The summed E-state index contributed by atoms with van der Waals surface area (Å²) >= 11 is 0. The van der Waals surface area contributed by atoms with Gasteiger partial charge in [-0.05, 0) is 41.8 Å². The van der Waals surface area contributed by atoms with Gasteiger partial charge >= 0.3 is 0 Å². The third-order valence-electron chi connectivity index (χ3n) is 2.78. The van der Waals surface area contributed by atoms with Gasteiger partial charge in [-0.1, -0.05) is 0 Å². The van der Waals surface area contributed by atoms with Crippen molar-refractivity contribution in [1.29, 1.82) is 0 Å². The van der Waals surface area contributed by atoms with Crippen molar-refractivity contribution in [3.63, 3.8) is 0 Å². The molecule has 0 saturated heterocycles. The summed E-state index contributed by atoms with van der Waals surface area (Å²) in [5.41, 5.74) is 4.70. The van der Waals surface area contributed by atoms with Gasteiger partial charge in [0.25, 0.3) is 0 Å². The van der Waals surface area contributed by atoms with E-state index in [1.807, 2.05) is 13.0 Å². The van der Waals surface area contributed by atoms with E-state index in [9.17, 15) is 8.78 Å². The van der Waals surface area contributed by atoms with Gasteiger partial charge in [0, 0.05) is 18.5 Å². The highest BCUT2D eigenvalue weighted by Crippen LogP contribution is 2.24. The molecule has 0 spiro atoms. The number of hydrogen-bond acceptors (Lipinski definition) is 3. The third kappa shape index (κ3) is 2.52. The van der Waals surface area contributed by atoms with Crippen LogP contribution >= 0.6 is 0 Å². The van der Waals surface area contributed by atoms with Crippen LogP contribution in [0.25, 0.3) is 0 Å². The molecule has 1 aromatic heterocycles. The molecule has 94 valence electrons. The van der Waals surface area contributed by atoms with Crippen molar-refractivity contribution < 1.29 is 8.78 Å². The molecule has 3 nitrogen and oxygen atoms in total. The Kier molecular flexibility index (Phi) is 3.64. The lowest BCUT2D eigenvalue weighted by Crippen LogP contribution is -2.29. The number of halogens is 2. The van der Waals surface area contributed by atoms with Crippen molar-refractivity contribution in [3.8, 4) is 0 Å². The minimum absolute atomic E-state index is 0.422. The number of nitrogens with zero attached hydrogens (tertiary/aromatic N) is 1. The first-order chi connectivity index (χ1) is 8.61. The Labute approximate surface area is 104 Å². The second-order valence-electron chi connectivity index (χ2n) is 4.03. The highest BCUT2D eigenvalue weighted by molar-refractivity contribution is 5.35. The normalized spacial score (nSPS) is 12.4. The summed E-state index contributed by atoms with van der Waals surface area (Å²) in [4.78, 5) is 4.00. The molecule has 0 aliphatic rings. The van der Waals surface area contributed by atoms with E-state index >= 15 is 0 Å². The molecule has 0 aliphatic heterocycles. The van der Waals surface area contributed by atoms with E-state index in [2.05, 4.69) is 10.4 Å². The van der Waals surface area contributed by atoms with Crippen molar-refractivity contribution in [1.82, 2.24) is 10.4 Å². The van der Waals surface area contributed by atoms with Gasteiger partial charge in [-0.25, -0.2) is 14.2 Å². The summed E-state index contributed by atoms with van der Waals surface area (Å²) in [6.07, 6.45) is 3.28. The monoisotopic (exact) mass is 249 g/mol. The summed E-state index contributed by atoms with van der Waals surface area (Å²) in [5, 5.41) is 0. The Balaban J connectivity index is 2.48. The van der Waals surface area contributed by atoms with Crippen molar-refractivity contribution in [2.24, 2.45) is 5.84 Å². The molecular weight excluding hydrogens is 236 g/mol. The van der Waals surface area contributed by atoms with E-state index in [1.165, 1.54) is 12.1 Å². The van der Waals surface area contributed by atoms with Gasteiger partial charge < -0.3 is 0 Å². The van der Waals surface area contributed by atoms with Gasteiger partial charge in [0.15, 0.2) is 0 Å². The smallest absolute Gasteiger partial charge is 0.126 e. The lowest BCUT2D eigenvalue weighted by molar-refractivity contribution is 0.565. The van der Waals surface area contributed by atoms with E-state index < -0.39 is 17.7 Å². The van der Waals surface area contributed by atoms with Gasteiger partial charge in [-0.3, -0.25) is 10.8 Å². The molecule has 0 bridgehead atoms. The van der Waals surface area contributed by atoms with Crippen molar-refractivity contribution in [2.45, 2.75) is 13.0 Å². The molecule has 2 rings (SSSR count). The first kappa shape index (κ1) is 12.6. The standard InChI is InChI=1S/C13H13F2N3/c1-8-2-3-17-7-12(8)13(18-16)9-4-10(14)6-11(15)5-9/h2-7,13,18H,16H2,1H3. The van der Waals surface area contributed by atoms with Crippen LogP contribution in [0.1, 0.15) is 22.7 Å². The second-order valence-corrected chi connectivity index (χ2v) is 4.03. The minimum atomic E-state index is -0.633. The number of pyridine rings is 1. The van der Waals surface area contributed by atoms with Crippen LogP contribution in [0.3, 0.4) is 0 Å². The number of hydrogen-bond donors (Lipinski definition) is 2. The lowest BCUT2D eigenvalue weighted by Gasteiger charge is -2.18. The summed E-state index contributed by atoms with van der Waals surface area (Å²) in [7, 11) is 0. The second kappa shape index (κ2) is 5.20. The molecule has 0 saturated carbocycles. The quantitative estimate of drug-likeness (QED) is 0.647. The number of hydrazine groups is 1. The molecule has 18 heavy (non-hydrogen) atoms. The zero-order valence-corrected chi connectivity index (χ0v) is 9.82. The average molecular weight is 249 g/mol. The summed E-state index contributed by atoms with van der Waals surface area (Å²) in [6, 6.07) is 4.65. The van der Waals surface area contributed by atoms with Crippen LogP contribution in [0.15, 0.2) is 36.7 Å². The zero-order valence-electron chi connectivity index (χ0n) is 9.82.